The number of hydrogen-bond donors (Lipinski definition) is 2. The fraction of sp³-hybridized carbons (Fsp3) is 0.692. The number of nitrogens with zero attached hydrogens (tertiary/aromatic N) is 3. The van der Waals surface area contributed by atoms with Gasteiger partial charge in [-0.15, -0.1) is 0 Å². The van der Waals surface area contributed by atoms with Crippen LogP contribution >= 0.6 is 0 Å². The average Bonchev–Trinajstić information content (AvgIpc) is 2.39. The summed E-state index contributed by atoms with van der Waals surface area (Å²) in [6.07, 6.45) is 4.49. The predicted octanol–water partition coefficient (Wildman–Crippen LogP) is 1.95. The molecule has 0 aromatic carbocycles. The molecule has 1 saturated heterocycles. The average molecular weight is 249 g/mol. The van der Waals surface area contributed by atoms with Crippen LogP contribution in [0.1, 0.15) is 38.9 Å². The zero-order valence-corrected chi connectivity index (χ0v) is 11.3. The number of aromatic nitrogens is 2. The molecule has 2 heterocycles. The number of piperidine rings is 1. The van der Waals surface area contributed by atoms with Gasteiger partial charge in [0, 0.05) is 25.6 Å². The third-order valence-electron chi connectivity index (χ3n) is 3.36. The van der Waals surface area contributed by atoms with E-state index in [-0.39, 0.29) is 0 Å². The summed E-state index contributed by atoms with van der Waals surface area (Å²) in [6.45, 7) is 6.58. The van der Waals surface area contributed by atoms with Crippen molar-refractivity contribution in [2.24, 2.45) is 11.8 Å². The van der Waals surface area contributed by atoms with Gasteiger partial charge in [0.1, 0.15) is 17.5 Å². The lowest BCUT2D eigenvalue weighted by Crippen LogP contribution is -2.35. The van der Waals surface area contributed by atoms with Crippen LogP contribution in [-0.4, -0.2) is 23.1 Å². The Kier molecular flexibility index (Phi) is 4.36. The summed E-state index contributed by atoms with van der Waals surface area (Å²) in [7, 11) is 0. The molecule has 18 heavy (non-hydrogen) atoms. The van der Waals surface area contributed by atoms with Gasteiger partial charge in [-0.1, -0.05) is 13.8 Å². The molecule has 1 fully saturated rings. The quantitative estimate of drug-likeness (QED) is 0.630. The van der Waals surface area contributed by atoms with E-state index in [2.05, 4.69) is 34.1 Å². The van der Waals surface area contributed by atoms with E-state index in [1.807, 2.05) is 6.07 Å². The van der Waals surface area contributed by atoms with E-state index in [9.17, 15) is 0 Å². The zero-order chi connectivity index (χ0) is 13.0. The van der Waals surface area contributed by atoms with Gasteiger partial charge in [0.2, 0.25) is 0 Å². The Hall–Kier alpha value is -1.36. The third kappa shape index (κ3) is 3.10. The molecule has 1 aliphatic rings. The van der Waals surface area contributed by atoms with E-state index >= 15 is 0 Å². The molecule has 3 N–H and O–H groups in total. The van der Waals surface area contributed by atoms with Crippen LogP contribution < -0.4 is 16.2 Å². The van der Waals surface area contributed by atoms with Gasteiger partial charge in [-0.05, 0) is 25.2 Å². The summed E-state index contributed by atoms with van der Waals surface area (Å²) in [5, 5.41) is 0. The first-order valence-electron chi connectivity index (χ1n) is 6.82. The number of hydrogen-bond acceptors (Lipinski definition) is 5. The number of rotatable bonds is 4. The fourth-order valence-corrected chi connectivity index (χ4v) is 2.45. The monoisotopic (exact) mass is 249 g/mol. The summed E-state index contributed by atoms with van der Waals surface area (Å²) in [5.74, 6) is 8.81. The molecule has 0 radical (unpaired) electrons. The summed E-state index contributed by atoms with van der Waals surface area (Å²) in [6, 6.07) is 1.94. The summed E-state index contributed by atoms with van der Waals surface area (Å²) < 4.78 is 0. The van der Waals surface area contributed by atoms with E-state index in [0.717, 1.165) is 43.5 Å². The topological polar surface area (TPSA) is 67.1 Å². The maximum absolute atomic E-state index is 5.48. The minimum atomic E-state index is 0.710. The number of hydrazine groups is 1. The van der Waals surface area contributed by atoms with Crippen molar-refractivity contribution >= 4 is 11.6 Å². The fourth-order valence-electron chi connectivity index (χ4n) is 2.45. The number of aryl methyl sites for hydroxylation is 1. The Balaban J connectivity index is 2.22. The van der Waals surface area contributed by atoms with Crippen LogP contribution in [0.5, 0.6) is 0 Å². The highest BCUT2D eigenvalue weighted by Gasteiger charge is 2.18. The van der Waals surface area contributed by atoms with Gasteiger partial charge in [-0.25, -0.2) is 15.8 Å². The molecule has 0 saturated carbocycles. The Morgan fingerprint density at radius 1 is 1.50 bits per heavy atom. The lowest BCUT2D eigenvalue weighted by atomic mass is 10.0. The second-order valence-corrected chi connectivity index (χ2v) is 5.12. The minimum absolute atomic E-state index is 0.710. The highest BCUT2D eigenvalue weighted by atomic mass is 15.3. The largest absolute Gasteiger partial charge is 0.356 e. The van der Waals surface area contributed by atoms with Gasteiger partial charge in [0.15, 0.2) is 0 Å². The van der Waals surface area contributed by atoms with Gasteiger partial charge in [-0.2, -0.15) is 0 Å². The van der Waals surface area contributed by atoms with E-state index < -0.39 is 0 Å². The summed E-state index contributed by atoms with van der Waals surface area (Å²) in [4.78, 5) is 11.4. The molecule has 1 unspecified atom stereocenters. The molecule has 2 rings (SSSR count). The number of anilines is 2. The van der Waals surface area contributed by atoms with Crippen LogP contribution in [0, 0.1) is 5.92 Å². The lowest BCUT2D eigenvalue weighted by molar-refractivity contribution is 0.444. The molecule has 0 bridgehead atoms. The zero-order valence-electron chi connectivity index (χ0n) is 11.3. The van der Waals surface area contributed by atoms with Crippen LogP contribution in [0.4, 0.5) is 11.6 Å². The maximum atomic E-state index is 5.48. The molecule has 100 valence electrons. The first kappa shape index (κ1) is 13.1. The Labute approximate surface area is 109 Å². The highest BCUT2D eigenvalue weighted by molar-refractivity contribution is 5.49. The van der Waals surface area contributed by atoms with E-state index in [0.29, 0.717) is 5.82 Å². The molecule has 0 spiro atoms. The molecular formula is C13H23N5. The predicted molar refractivity (Wildman–Crippen MR) is 74.4 cm³/mol. The lowest BCUT2D eigenvalue weighted by Gasteiger charge is -2.32. The second-order valence-electron chi connectivity index (χ2n) is 5.12. The normalized spacial score (nSPS) is 19.9. The molecule has 0 amide bonds. The van der Waals surface area contributed by atoms with Crippen molar-refractivity contribution in [3.63, 3.8) is 0 Å². The molecular weight excluding hydrogens is 226 g/mol. The van der Waals surface area contributed by atoms with E-state index in [1.54, 1.807) is 0 Å². The molecule has 1 atom stereocenters. The van der Waals surface area contributed by atoms with E-state index in [4.69, 9.17) is 5.84 Å². The van der Waals surface area contributed by atoms with Crippen LogP contribution in [0.25, 0.3) is 0 Å². The maximum Gasteiger partial charge on any atom is 0.145 e. The van der Waals surface area contributed by atoms with E-state index in [1.165, 1.54) is 12.8 Å². The number of nitrogen functional groups attached to an aromatic ring is 1. The highest BCUT2D eigenvalue weighted by Crippen LogP contribution is 2.23. The van der Waals surface area contributed by atoms with Crippen molar-refractivity contribution in [3.8, 4) is 0 Å². The van der Waals surface area contributed by atoms with Crippen molar-refractivity contribution in [3.05, 3.63) is 11.9 Å². The van der Waals surface area contributed by atoms with Gasteiger partial charge in [0.25, 0.3) is 0 Å². The van der Waals surface area contributed by atoms with Crippen molar-refractivity contribution in [1.29, 1.82) is 0 Å². The van der Waals surface area contributed by atoms with Crippen LogP contribution in [0.2, 0.25) is 0 Å². The number of nitrogens with one attached hydrogen (secondary N) is 1. The molecule has 1 aromatic heterocycles. The molecule has 5 heteroatoms. The second kappa shape index (κ2) is 6.00. The molecule has 1 aliphatic heterocycles. The molecule has 1 aromatic rings. The number of nitrogens with two attached hydrogens (primary N) is 1. The third-order valence-corrected chi connectivity index (χ3v) is 3.36. The summed E-state index contributed by atoms with van der Waals surface area (Å²) >= 11 is 0. The van der Waals surface area contributed by atoms with Gasteiger partial charge in [-0.3, -0.25) is 0 Å². The first-order chi connectivity index (χ1) is 8.72. The van der Waals surface area contributed by atoms with Crippen LogP contribution in [-0.2, 0) is 6.42 Å². The van der Waals surface area contributed by atoms with Crippen LogP contribution in [0.3, 0.4) is 0 Å². The SMILES string of the molecule is CCCc1nc(NN)cc(N2CCCC(C)C2)n1. The molecule has 0 aliphatic carbocycles. The van der Waals surface area contributed by atoms with Gasteiger partial charge < -0.3 is 10.3 Å². The van der Waals surface area contributed by atoms with Gasteiger partial charge >= 0.3 is 0 Å². The van der Waals surface area contributed by atoms with Crippen molar-refractivity contribution < 1.29 is 0 Å². The standard InChI is InChI=1S/C13H23N5/c1-3-5-11-15-12(17-14)8-13(16-11)18-7-4-6-10(2)9-18/h8,10H,3-7,9,14H2,1-2H3,(H,15,16,17). The van der Waals surface area contributed by atoms with Crippen molar-refractivity contribution in [2.75, 3.05) is 23.4 Å². The summed E-state index contributed by atoms with van der Waals surface area (Å²) in [5.41, 5.74) is 2.64. The minimum Gasteiger partial charge on any atom is -0.356 e. The smallest absolute Gasteiger partial charge is 0.145 e. The van der Waals surface area contributed by atoms with Crippen molar-refractivity contribution in [1.82, 2.24) is 9.97 Å². The molecule has 5 nitrogen and oxygen atoms in total. The Bertz CT molecular complexity index is 393. The van der Waals surface area contributed by atoms with Crippen LogP contribution in [0.15, 0.2) is 6.07 Å². The first-order valence-corrected chi connectivity index (χ1v) is 6.82. The van der Waals surface area contributed by atoms with Gasteiger partial charge in [0.05, 0.1) is 0 Å². The Morgan fingerprint density at radius 3 is 3.00 bits per heavy atom. The Morgan fingerprint density at radius 2 is 2.33 bits per heavy atom. The van der Waals surface area contributed by atoms with Crippen molar-refractivity contribution in [2.45, 2.75) is 39.5 Å².